The Labute approximate surface area is 189 Å². The molecule has 0 aromatic heterocycles. The number of likely N-dealkylation sites (tertiary alicyclic amines) is 1. The summed E-state index contributed by atoms with van der Waals surface area (Å²) in [6.45, 7) is 3.44. The van der Waals surface area contributed by atoms with E-state index in [4.69, 9.17) is 0 Å². The summed E-state index contributed by atoms with van der Waals surface area (Å²) in [7, 11) is -3.66. The standard InChI is InChI=1S/C24H30FN3O3S/c25-21-6-8-23(9-7-21)32(30,31)28-16-10-20(11-17-28)24(29)26-22-12-14-27(15-13-22)18-19-4-2-1-3-5-19/h1-9,20,22H,10-18H2,(H,26,29). The highest BCUT2D eigenvalue weighted by atomic mass is 32.2. The van der Waals surface area contributed by atoms with E-state index in [9.17, 15) is 17.6 Å². The van der Waals surface area contributed by atoms with Crippen LogP contribution in [0.25, 0.3) is 0 Å². The fourth-order valence-corrected chi connectivity index (χ4v) is 5.98. The summed E-state index contributed by atoms with van der Waals surface area (Å²) in [5, 5.41) is 3.19. The van der Waals surface area contributed by atoms with E-state index in [1.54, 1.807) is 0 Å². The van der Waals surface area contributed by atoms with Crippen molar-refractivity contribution in [2.75, 3.05) is 26.2 Å². The molecule has 2 heterocycles. The van der Waals surface area contributed by atoms with E-state index in [1.165, 1.54) is 22.0 Å². The number of rotatable bonds is 6. The lowest BCUT2D eigenvalue weighted by Crippen LogP contribution is -2.48. The molecule has 2 aliphatic heterocycles. The van der Waals surface area contributed by atoms with Crippen LogP contribution in [0.2, 0.25) is 0 Å². The fourth-order valence-electron chi connectivity index (χ4n) is 4.51. The van der Waals surface area contributed by atoms with Gasteiger partial charge in [-0.1, -0.05) is 30.3 Å². The lowest BCUT2D eigenvalue weighted by atomic mass is 9.95. The molecule has 0 radical (unpaired) electrons. The number of halogens is 1. The number of carbonyl (C=O) groups is 1. The van der Waals surface area contributed by atoms with Gasteiger partial charge in [0.2, 0.25) is 15.9 Å². The van der Waals surface area contributed by atoms with Crippen molar-refractivity contribution < 1.29 is 17.6 Å². The van der Waals surface area contributed by atoms with Crippen molar-refractivity contribution in [1.29, 1.82) is 0 Å². The van der Waals surface area contributed by atoms with Gasteiger partial charge in [-0.2, -0.15) is 4.31 Å². The van der Waals surface area contributed by atoms with Crippen LogP contribution in [0.1, 0.15) is 31.2 Å². The zero-order valence-electron chi connectivity index (χ0n) is 18.1. The van der Waals surface area contributed by atoms with Gasteiger partial charge >= 0.3 is 0 Å². The summed E-state index contributed by atoms with van der Waals surface area (Å²) in [6.07, 6.45) is 2.85. The number of hydrogen-bond acceptors (Lipinski definition) is 4. The van der Waals surface area contributed by atoms with Crippen LogP contribution in [0.5, 0.6) is 0 Å². The molecule has 6 nitrogen and oxygen atoms in total. The van der Waals surface area contributed by atoms with Crippen molar-refractivity contribution in [3.63, 3.8) is 0 Å². The molecule has 32 heavy (non-hydrogen) atoms. The van der Waals surface area contributed by atoms with Crippen molar-refractivity contribution in [1.82, 2.24) is 14.5 Å². The van der Waals surface area contributed by atoms with Gasteiger partial charge in [-0.15, -0.1) is 0 Å². The summed E-state index contributed by atoms with van der Waals surface area (Å²) in [5.74, 6) is -0.604. The second-order valence-electron chi connectivity index (χ2n) is 8.68. The Bertz CT molecular complexity index is 999. The molecule has 1 amide bonds. The lowest BCUT2D eigenvalue weighted by molar-refractivity contribution is -0.127. The summed E-state index contributed by atoms with van der Waals surface area (Å²) in [4.78, 5) is 15.3. The van der Waals surface area contributed by atoms with Crippen LogP contribution in [0, 0.1) is 11.7 Å². The minimum absolute atomic E-state index is 0.0327. The zero-order valence-corrected chi connectivity index (χ0v) is 18.9. The zero-order chi connectivity index (χ0) is 22.6. The van der Waals surface area contributed by atoms with E-state index < -0.39 is 15.8 Å². The topological polar surface area (TPSA) is 69.7 Å². The van der Waals surface area contributed by atoms with Crippen molar-refractivity contribution >= 4 is 15.9 Å². The molecule has 0 unspecified atom stereocenters. The number of sulfonamides is 1. The summed E-state index contributed by atoms with van der Waals surface area (Å²) < 4.78 is 40.0. The summed E-state index contributed by atoms with van der Waals surface area (Å²) in [5.41, 5.74) is 1.30. The van der Waals surface area contributed by atoms with Crippen molar-refractivity contribution in [3.8, 4) is 0 Å². The quantitative estimate of drug-likeness (QED) is 0.721. The fraction of sp³-hybridized carbons (Fsp3) is 0.458. The Hall–Kier alpha value is -2.29. The normalized spacial score (nSPS) is 19.7. The Morgan fingerprint density at radius 3 is 2.16 bits per heavy atom. The number of hydrogen-bond donors (Lipinski definition) is 1. The number of nitrogens with one attached hydrogen (secondary N) is 1. The molecule has 2 aromatic rings. The molecule has 0 saturated carbocycles. The molecular weight excluding hydrogens is 429 g/mol. The van der Waals surface area contributed by atoms with E-state index in [2.05, 4.69) is 34.5 Å². The molecule has 8 heteroatoms. The average Bonchev–Trinajstić information content (AvgIpc) is 2.81. The molecule has 0 atom stereocenters. The van der Waals surface area contributed by atoms with Crippen molar-refractivity contribution in [2.24, 2.45) is 5.92 Å². The van der Waals surface area contributed by atoms with Gasteiger partial charge in [-0.3, -0.25) is 9.69 Å². The first-order valence-electron chi connectivity index (χ1n) is 11.2. The number of amides is 1. The molecule has 4 rings (SSSR count). The predicted octanol–water partition coefficient (Wildman–Crippen LogP) is 3.01. The molecule has 2 fully saturated rings. The highest BCUT2D eigenvalue weighted by molar-refractivity contribution is 7.89. The molecule has 0 spiro atoms. The first-order valence-corrected chi connectivity index (χ1v) is 12.7. The third-order valence-corrected chi connectivity index (χ3v) is 8.37. The molecule has 0 aliphatic carbocycles. The maximum atomic E-state index is 13.1. The third-order valence-electron chi connectivity index (χ3n) is 6.46. The van der Waals surface area contributed by atoms with Gasteiger partial charge in [0.1, 0.15) is 5.82 Å². The van der Waals surface area contributed by atoms with Gasteiger partial charge in [-0.25, -0.2) is 12.8 Å². The van der Waals surface area contributed by atoms with Crippen LogP contribution >= 0.6 is 0 Å². The highest BCUT2D eigenvalue weighted by Gasteiger charge is 2.33. The van der Waals surface area contributed by atoms with Crippen molar-refractivity contribution in [3.05, 3.63) is 66.0 Å². The van der Waals surface area contributed by atoms with Gasteiger partial charge in [0.05, 0.1) is 4.90 Å². The second kappa shape index (κ2) is 10.1. The minimum atomic E-state index is -3.66. The van der Waals surface area contributed by atoms with E-state index >= 15 is 0 Å². The maximum Gasteiger partial charge on any atom is 0.243 e. The molecule has 2 saturated heterocycles. The Morgan fingerprint density at radius 1 is 0.906 bits per heavy atom. The van der Waals surface area contributed by atoms with Gasteiger partial charge < -0.3 is 5.32 Å². The summed E-state index contributed by atoms with van der Waals surface area (Å²) >= 11 is 0. The molecule has 2 aromatic carbocycles. The van der Waals surface area contributed by atoms with Gasteiger partial charge in [0, 0.05) is 44.7 Å². The number of piperidine rings is 2. The summed E-state index contributed by atoms with van der Waals surface area (Å²) in [6, 6.07) is 15.4. The molecule has 1 N–H and O–H groups in total. The first kappa shape index (κ1) is 22.9. The highest BCUT2D eigenvalue weighted by Crippen LogP contribution is 2.25. The van der Waals surface area contributed by atoms with Gasteiger partial charge in [0.15, 0.2) is 0 Å². The smallest absolute Gasteiger partial charge is 0.243 e. The first-order chi connectivity index (χ1) is 15.4. The van der Waals surface area contributed by atoms with E-state index in [0.29, 0.717) is 25.9 Å². The van der Waals surface area contributed by atoms with Crippen LogP contribution in [0.4, 0.5) is 4.39 Å². The Morgan fingerprint density at radius 2 is 1.53 bits per heavy atom. The van der Waals surface area contributed by atoms with Crippen LogP contribution in [-0.4, -0.2) is 55.8 Å². The molecule has 0 bridgehead atoms. The number of benzene rings is 2. The minimum Gasteiger partial charge on any atom is -0.353 e. The SMILES string of the molecule is O=C(NC1CCN(Cc2ccccc2)CC1)C1CCN(S(=O)(=O)c2ccc(F)cc2)CC1. The third kappa shape index (κ3) is 5.54. The van der Waals surface area contributed by atoms with Gasteiger partial charge in [-0.05, 0) is 55.5 Å². The number of carbonyl (C=O) groups excluding carboxylic acids is 1. The van der Waals surface area contributed by atoms with Crippen LogP contribution < -0.4 is 5.32 Å². The number of nitrogens with zero attached hydrogens (tertiary/aromatic N) is 2. The van der Waals surface area contributed by atoms with Crippen LogP contribution in [-0.2, 0) is 21.4 Å². The van der Waals surface area contributed by atoms with Gasteiger partial charge in [0.25, 0.3) is 0 Å². The van der Waals surface area contributed by atoms with Crippen LogP contribution in [0.15, 0.2) is 59.5 Å². The van der Waals surface area contributed by atoms with Crippen molar-refractivity contribution in [2.45, 2.75) is 43.2 Å². The largest absolute Gasteiger partial charge is 0.353 e. The lowest BCUT2D eigenvalue weighted by Gasteiger charge is -2.34. The van der Waals surface area contributed by atoms with E-state index in [1.807, 2.05) is 6.07 Å². The molecular formula is C24H30FN3O3S. The van der Waals surface area contributed by atoms with E-state index in [0.717, 1.165) is 44.6 Å². The Balaban J connectivity index is 1.22. The molecule has 2 aliphatic rings. The second-order valence-corrected chi connectivity index (χ2v) is 10.6. The Kier molecular flexibility index (Phi) is 7.23. The maximum absolute atomic E-state index is 13.1. The predicted molar refractivity (Wildman–Crippen MR) is 121 cm³/mol. The van der Waals surface area contributed by atoms with Crippen LogP contribution in [0.3, 0.4) is 0 Å². The molecule has 172 valence electrons. The average molecular weight is 460 g/mol. The monoisotopic (exact) mass is 459 g/mol. The van der Waals surface area contributed by atoms with E-state index in [-0.39, 0.29) is 22.8 Å².